The van der Waals surface area contributed by atoms with Crippen LogP contribution in [0.2, 0.25) is 0 Å². The third kappa shape index (κ3) is 2.46. The molecule has 1 N–H and O–H groups in total. The lowest BCUT2D eigenvalue weighted by Gasteiger charge is -2.32. The van der Waals surface area contributed by atoms with Crippen LogP contribution in [0.1, 0.15) is 50.4 Å². The van der Waals surface area contributed by atoms with Crippen LogP contribution in [0.25, 0.3) is 0 Å². The van der Waals surface area contributed by atoms with E-state index in [1.54, 1.807) is 0 Å². The fourth-order valence-electron chi connectivity index (χ4n) is 2.74. The van der Waals surface area contributed by atoms with Crippen LogP contribution in [0, 0.1) is 6.92 Å². The second-order valence-corrected chi connectivity index (χ2v) is 5.05. The number of aromatic nitrogens is 2. The standard InChI is InChI=1S/C13H22N2O/c1-3-15-12(9-11(2)14-15)10-13(16)7-5-4-6-8-13/h9,16H,3-8,10H2,1-2H3. The highest BCUT2D eigenvalue weighted by Crippen LogP contribution is 2.31. The van der Waals surface area contributed by atoms with Crippen molar-refractivity contribution >= 4 is 0 Å². The molecule has 0 aliphatic heterocycles. The molecule has 1 fully saturated rings. The Bertz CT molecular complexity index is 351. The molecule has 2 rings (SSSR count). The molecule has 90 valence electrons. The Labute approximate surface area is 97.5 Å². The highest BCUT2D eigenvalue weighted by Gasteiger charge is 2.30. The van der Waals surface area contributed by atoms with E-state index in [0.29, 0.717) is 0 Å². The van der Waals surface area contributed by atoms with Crippen LogP contribution in [-0.4, -0.2) is 20.5 Å². The molecule has 0 atom stereocenters. The predicted octanol–water partition coefficient (Wildman–Crippen LogP) is 2.45. The third-order valence-electron chi connectivity index (χ3n) is 3.58. The van der Waals surface area contributed by atoms with Crippen molar-refractivity contribution in [2.75, 3.05) is 0 Å². The molecule has 16 heavy (non-hydrogen) atoms. The maximum atomic E-state index is 10.5. The van der Waals surface area contributed by atoms with Crippen molar-refractivity contribution in [1.29, 1.82) is 0 Å². The van der Waals surface area contributed by atoms with Crippen LogP contribution in [-0.2, 0) is 13.0 Å². The molecule has 0 radical (unpaired) electrons. The summed E-state index contributed by atoms with van der Waals surface area (Å²) in [7, 11) is 0. The van der Waals surface area contributed by atoms with Crippen molar-refractivity contribution in [3.8, 4) is 0 Å². The molecule has 0 saturated heterocycles. The first-order chi connectivity index (χ1) is 7.63. The zero-order chi connectivity index (χ0) is 11.6. The molecule has 0 spiro atoms. The highest BCUT2D eigenvalue weighted by molar-refractivity contribution is 5.12. The van der Waals surface area contributed by atoms with Gasteiger partial charge in [0.1, 0.15) is 0 Å². The predicted molar refractivity (Wildman–Crippen MR) is 64.4 cm³/mol. The molecule has 1 aromatic rings. The minimum atomic E-state index is -0.475. The number of aryl methyl sites for hydroxylation is 2. The number of rotatable bonds is 3. The lowest BCUT2D eigenvalue weighted by Crippen LogP contribution is -2.34. The van der Waals surface area contributed by atoms with Gasteiger partial charge in [0.15, 0.2) is 0 Å². The molecule has 1 aliphatic rings. The molecule has 1 heterocycles. The zero-order valence-electron chi connectivity index (χ0n) is 10.4. The fourth-order valence-corrected chi connectivity index (χ4v) is 2.74. The summed E-state index contributed by atoms with van der Waals surface area (Å²) < 4.78 is 2.02. The molecule has 0 aromatic carbocycles. The van der Waals surface area contributed by atoms with E-state index in [9.17, 15) is 5.11 Å². The molecule has 1 aliphatic carbocycles. The van der Waals surface area contributed by atoms with E-state index in [2.05, 4.69) is 18.1 Å². The van der Waals surface area contributed by atoms with Crippen LogP contribution in [0.5, 0.6) is 0 Å². The summed E-state index contributed by atoms with van der Waals surface area (Å²) in [5.41, 5.74) is 1.76. The molecule has 1 saturated carbocycles. The molecule has 3 heteroatoms. The van der Waals surface area contributed by atoms with Gasteiger partial charge in [-0.05, 0) is 32.8 Å². The van der Waals surface area contributed by atoms with E-state index < -0.39 is 5.60 Å². The Hall–Kier alpha value is -0.830. The van der Waals surface area contributed by atoms with Gasteiger partial charge in [0.05, 0.1) is 11.3 Å². The zero-order valence-corrected chi connectivity index (χ0v) is 10.4. The summed E-state index contributed by atoms with van der Waals surface area (Å²) in [4.78, 5) is 0. The summed E-state index contributed by atoms with van der Waals surface area (Å²) in [6.45, 7) is 5.00. The van der Waals surface area contributed by atoms with Crippen LogP contribution < -0.4 is 0 Å². The van der Waals surface area contributed by atoms with E-state index in [1.807, 2.05) is 11.6 Å². The summed E-state index contributed by atoms with van der Waals surface area (Å²) in [6.07, 6.45) is 6.25. The van der Waals surface area contributed by atoms with E-state index >= 15 is 0 Å². The number of nitrogens with zero attached hydrogens (tertiary/aromatic N) is 2. The second-order valence-electron chi connectivity index (χ2n) is 5.05. The van der Waals surface area contributed by atoms with Gasteiger partial charge in [-0.2, -0.15) is 5.10 Å². The van der Waals surface area contributed by atoms with Crippen molar-refractivity contribution in [3.63, 3.8) is 0 Å². The normalized spacial score (nSPS) is 19.9. The van der Waals surface area contributed by atoms with Gasteiger partial charge in [-0.25, -0.2) is 0 Å². The molecular weight excluding hydrogens is 200 g/mol. The molecule has 3 nitrogen and oxygen atoms in total. The SMILES string of the molecule is CCn1nc(C)cc1CC1(O)CCCCC1. The summed E-state index contributed by atoms with van der Waals surface area (Å²) in [5.74, 6) is 0. The number of aliphatic hydroxyl groups is 1. The van der Waals surface area contributed by atoms with Crippen molar-refractivity contribution in [3.05, 3.63) is 17.5 Å². The van der Waals surface area contributed by atoms with E-state index in [4.69, 9.17) is 0 Å². The second kappa shape index (κ2) is 4.58. The quantitative estimate of drug-likeness (QED) is 0.853. The third-order valence-corrected chi connectivity index (χ3v) is 3.58. The number of hydrogen-bond donors (Lipinski definition) is 1. The van der Waals surface area contributed by atoms with Gasteiger partial charge in [-0.3, -0.25) is 4.68 Å². The summed E-state index contributed by atoms with van der Waals surface area (Å²) in [6, 6.07) is 2.11. The van der Waals surface area contributed by atoms with Crippen molar-refractivity contribution in [1.82, 2.24) is 9.78 Å². The van der Waals surface area contributed by atoms with Gasteiger partial charge >= 0.3 is 0 Å². The lowest BCUT2D eigenvalue weighted by atomic mass is 9.81. The van der Waals surface area contributed by atoms with Crippen molar-refractivity contribution in [2.24, 2.45) is 0 Å². The fraction of sp³-hybridized carbons (Fsp3) is 0.769. The maximum Gasteiger partial charge on any atom is 0.0702 e. The maximum absolute atomic E-state index is 10.5. The van der Waals surface area contributed by atoms with E-state index in [1.165, 1.54) is 12.1 Å². The highest BCUT2D eigenvalue weighted by atomic mass is 16.3. The Morgan fingerprint density at radius 3 is 2.69 bits per heavy atom. The van der Waals surface area contributed by atoms with Crippen molar-refractivity contribution in [2.45, 2.75) is 64.5 Å². The van der Waals surface area contributed by atoms with Crippen LogP contribution in [0.3, 0.4) is 0 Å². The molecule has 1 aromatic heterocycles. The minimum absolute atomic E-state index is 0.475. The van der Waals surface area contributed by atoms with Crippen LogP contribution in [0.4, 0.5) is 0 Å². The molecule has 0 bridgehead atoms. The average Bonchev–Trinajstić information content (AvgIpc) is 2.59. The first-order valence-corrected chi connectivity index (χ1v) is 6.39. The van der Waals surface area contributed by atoms with Gasteiger partial charge in [-0.1, -0.05) is 19.3 Å². The first-order valence-electron chi connectivity index (χ1n) is 6.39. The topological polar surface area (TPSA) is 38.0 Å². The Kier molecular flexibility index (Phi) is 3.33. The van der Waals surface area contributed by atoms with Gasteiger partial charge in [0.2, 0.25) is 0 Å². The van der Waals surface area contributed by atoms with Gasteiger partial charge < -0.3 is 5.11 Å². The van der Waals surface area contributed by atoms with E-state index in [-0.39, 0.29) is 0 Å². The Morgan fingerprint density at radius 2 is 2.06 bits per heavy atom. The van der Waals surface area contributed by atoms with Crippen molar-refractivity contribution < 1.29 is 5.11 Å². The minimum Gasteiger partial charge on any atom is -0.389 e. The van der Waals surface area contributed by atoms with Gasteiger partial charge in [-0.15, -0.1) is 0 Å². The van der Waals surface area contributed by atoms with Gasteiger partial charge in [0, 0.05) is 18.7 Å². The first kappa shape index (κ1) is 11.6. The monoisotopic (exact) mass is 222 g/mol. The van der Waals surface area contributed by atoms with E-state index in [0.717, 1.165) is 44.3 Å². The number of hydrogen-bond acceptors (Lipinski definition) is 2. The molecular formula is C13H22N2O. The summed E-state index contributed by atoms with van der Waals surface area (Å²) >= 11 is 0. The lowest BCUT2D eigenvalue weighted by molar-refractivity contribution is 0.00279. The van der Waals surface area contributed by atoms with Gasteiger partial charge in [0.25, 0.3) is 0 Å². The molecule has 0 amide bonds. The summed E-state index contributed by atoms with van der Waals surface area (Å²) in [5, 5.41) is 14.9. The Morgan fingerprint density at radius 1 is 1.38 bits per heavy atom. The van der Waals surface area contributed by atoms with Crippen LogP contribution >= 0.6 is 0 Å². The largest absolute Gasteiger partial charge is 0.389 e. The Balaban J connectivity index is 2.12. The smallest absolute Gasteiger partial charge is 0.0702 e. The molecule has 0 unspecified atom stereocenters. The average molecular weight is 222 g/mol. The van der Waals surface area contributed by atoms with Crippen LogP contribution in [0.15, 0.2) is 6.07 Å².